The Kier molecular flexibility index (Phi) is 3.25. The van der Waals surface area contributed by atoms with Crippen LogP contribution >= 0.6 is 27.7 Å². The SMILES string of the molecule is CSc1ccc(Br)cc1-c1cnn(C)c1N. The van der Waals surface area contributed by atoms with Gasteiger partial charge in [-0.25, -0.2) is 0 Å². The summed E-state index contributed by atoms with van der Waals surface area (Å²) < 4.78 is 2.73. The van der Waals surface area contributed by atoms with E-state index in [0.29, 0.717) is 5.82 Å². The van der Waals surface area contributed by atoms with Crippen molar-refractivity contribution in [2.24, 2.45) is 7.05 Å². The molecule has 0 saturated carbocycles. The quantitative estimate of drug-likeness (QED) is 0.866. The first kappa shape index (κ1) is 11.5. The van der Waals surface area contributed by atoms with Gasteiger partial charge in [-0.05, 0) is 24.5 Å². The highest BCUT2D eigenvalue weighted by molar-refractivity contribution is 9.10. The highest BCUT2D eigenvalue weighted by atomic mass is 79.9. The van der Waals surface area contributed by atoms with Crippen molar-refractivity contribution in [1.29, 1.82) is 0 Å². The predicted octanol–water partition coefficient (Wildman–Crippen LogP) is 3.15. The lowest BCUT2D eigenvalue weighted by Crippen LogP contribution is -1.98. The van der Waals surface area contributed by atoms with Crippen LogP contribution < -0.4 is 5.73 Å². The first-order chi connectivity index (χ1) is 7.63. The number of nitrogens with two attached hydrogens (primary N) is 1. The van der Waals surface area contributed by atoms with Crippen molar-refractivity contribution in [2.45, 2.75) is 4.90 Å². The minimum atomic E-state index is 0.688. The summed E-state index contributed by atoms with van der Waals surface area (Å²) in [5.74, 6) is 0.688. The number of thioether (sulfide) groups is 1. The van der Waals surface area contributed by atoms with Gasteiger partial charge < -0.3 is 5.73 Å². The summed E-state index contributed by atoms with van der Waals surface area (Å²) in [5.41, 5.74) is 8.08. The Labute approximate surface area is 107 Å². The summed E-state index contributed by atoms with van der Waals surface area (Å²) in [6.07, 6.45) is 3.86. The summed E-state index contributed by atoms with van der Waals surface area (Å²) in [5, 5.41) is 4.16. The van der Waals surface area contributed by atoms with Crippen molar-refractivity contribution < 1.29 is 0 Å². The van der Waals surface area contributed by atoms with E-state index in [2.05, 4.69) is 39.4 Å². The second-order valence-electron chi connectivity index (χ2n) is 3.41. The molecule has 16 heavy (non-hydrogen) atoms. The topological polar surface area (TPSA) is 43.8 Å². The van der Waals surface area contributed by atoms with Crippen LogP contribution in [0.3, 0.4) is 0 Å². The number of hydrogen-bond donors (Lipinski definition) is 1. The molecule has 3 nitrogen and oxygen atoms in total. The molecule has 0 aliphatic heterocycles. The van der Waals surface area contributed by atoms with Crippen molar-refractivity contribution in [3.63, 3.8) is 0 Å². The molecule has 0 fully saturated rings. The third-order valence-corrected chi connectivity index (χ3v) is 3.73. The van der Waals surface area contributed by atoms with E-state index < -0.39 is 0 Å². The van der Waals surface area contributed by atoms with Gasteiger partial charge in [-0.2, -0.15) is 5.10 Å². The molecule has 2 aromatic rings. The minimum Gasteiger partial charge on any atom is -0.383 e. The van der Waals surface area contributed by atoms with E-state index in [9.17, 15) is 0 Å². The number of hydrogen-bond acceptors (Lipinski definition) is 3. The number of aryl methyl sites for hydroxylation is 1. The molecular formula is C11H12BrN3S. The smallest absolute Gasteiger partial charge is 0.129 e. The zero-order valence-electron chi connectivity index (χ0n) is 9.07. The molecule has 0 amide bonds. The molecule has 0 bridgehead atoms. The molecule has 0 unspecified atom stereocenters. The van der Waals surface area contributed by atoms with Gasteiger partial charge in [-0.1, -0.05) is 15.9 Å². The van der Waals surface area contributed by atoms with Crippen LogP contribution in [0.1, 0.15) is 0 Å². The molecule has 1 aromatic heterocycles. The minimum absolute atomic E-state index is 0.688. The molecule has 0 aliphatic rings. The molecule has 2 rings (SSSR count). The molecule has 1 heterocycles. The molecule has 0 aliphatic carbocycles. The highest BCUT2D eigenvalue weighted by Gasteiger charge is 2.11. The van der Waals surface area contributed by atoms with Gasteiger partial charge >= 0.3 is 0 Å². The van der Waals surface area contributed by atoms with E-state index >= 15 is 0 Å². The third kappa shape index (κ3) is 1.97. The average molecular weight is 298 g/mol. The van der Waals surface area contributed by atoms with Gasteiger partial charge in [0, 0.05) is 27.5 Å². The Morgan fingerprint density at radius 2 is 2.12 bits per heavy atom. The van der Waals surface area contributed by atoms with Gasteiger partial charge in [-0.3, -0.25) is 4.68 Å². The lowest BCUT2D eigenvalue weighted by Gasteiger charge is -2.07. The number of nitrogen functional groups attached to an aromatic ring is 1. The summed E-state index contributed by atoms with van der Waals surface area (Å²) in [7, 11) is 1.84. The molecule has 0 spiro atoms. The summed E-state index contributed by atoms with van der Waals surface area (Å²) in [6.45, 7) is 0. The van der Waals surface area contributed by atoms with Crippen LogP contribution in [0.2, 0.25) is 0 Å². The Balaban J connectivity index is 2.62. The normalized spacial score (nSPS) is 10.7. The molecule has 0 saturated heterocycles. The lowest BCUT2D eigenvalue weighted by molar-refractivity contribution is 0.779. The average Bonchev–Trinajstić information content (AvgIpc) is 2.60. The van der Waals surface area contributed by atoms with E-state index in [1.165, 1.54) is 4.90 Å². The van der Waals surface area contributed by atoms with Crippen molar-refractivity contribution in [2.75, 3.05) is 12.0 Å². The maximum Gasteiger partial charge on any atom is 0.129 e. The zero-order valence-corrected chi connectivity index (χ0v) is 11.5. The Bertz CT molecular complexity index is 522. The molecule has 1 aromatic carbocycles. The van der Waals surface area contributed by atoms with Crippen molar-refractivity contribution in [3.8, 4) is 11.1 Å². The first-order valence-corrected chi connectivity index (χ1v) is 6.76. The molecule has 0 radical (unpaired) electrons. The van der Waals surface area contributed by atoms with E-state index in [1.54, 1.807) is 22.6 Å². The first-order valence-electron chi connectivity index (χ1n) is 4.75. The number of benzene rings is 1. The fraction of sp³-hybridized carbons (Fsp3) is 0.182. The summed E-state index contributed by atoms with van der Waals surface area (Å²) in [6, 6.07) is 6.18. The van der Waals surface area contributed by atoms with Crippen molar-refractivity contribution >= 4 is 33.5 Å². The summed E-state index contributed by atoms with van der Waals surface area (Å²) in [4.78, 5) is 1.20. The number of rotatable bonds is 2. The Hall–Kier alpha value is -0.940. The van der Waals surface area contributed by atoms with Gasteiger partial charge in [-0.15, -0.1) is 11.8 Å². The van der Waals surface area contributed by atoms with Crippen molar-refractivity contribution in [3.05, 3.63) is 28.9 Å². The van der Waals surface area contributed by atoms with Gasteiger partial charge in [0.15, 0.2) is 0 Å². The predicted molar refractivity (Wildman–Crippen MR) is 72.5 cm³/mol. The van der Waals surface area contributed by atoms with E-state index in [-0.39, 0.29) is 0 Å². The number of anilines is 1. The Morgan fingerprint density at radius 1 is 1.38 bits per heavy atom. The van der Waals surface area contributed by atoms with Gasteiger partial charge in [0.1, 0.15) is 5.82 Å². The fourth-order valence-electron chi connectivity index (χ4n) is 1.55. The number of aromatic nitrogens is 2. The molecule has 2 N–H and O–H groups in total. The van der Waals surface area contributed by atoms with Crippen LogP contribution in [0, 0.1) is 0 Å². The second kappa shape index (κ2) is 4.51. The maximum absolute atomic E-state index is 5.98. The number of halogens is 1. The standard InChI is InChI=1S/C11H12BrN3S/c1-15-11(13)9(6-14-15)8-5-7(12)3-4-10(8)16-2/h3-6H,13H2,1-2H3. The third-order valence-electron chi connectivity index (χ3n) is 2.44. The monoisotopic (exact) mass is 297 g/mol. The summed E-state index contributed by atoms with van der Waals surface area (Å²) >= 11 is 5.18. The zero-order chi connectivity index (χ0) is 11.7. The molecule has 84 valence electrons. The van der Waals surface area contributed by atoms with Crippen LogP contribution in [0.25, 0.3) is 11.1 Å². The van der Waals surface area contributed by atoms with Crippen LogP contribution in [0.4, 0.5) is 5.82 Å². The van der Waals surface area contributed by atoms with Crippen LogP contribution in [0.15, 0.2) is 33.8 Å². The lowest BCUT2D eigenvalue weighted by atomic mass is 10.1. The molecular weight excluding hydrogens is 286 g/mol. The number of nitrogens with zero attached hydrogens (tertiary/aromatic N) is 2. The van der Waals surface area contributed by atoms with Crippen molar-refractivity contribution in [1.82, 2.24) is 9.78 Å². The largest absolute Gasteiger partial charge is 0.383 e. The van der Waals surface area contributed by atoms with Crippen LogP contribution in [-0.4, -0.2) is 16.0 Å². The van der Waals surface area contributed by atoms with Crippen LogP contribution in [-0.2, 0) is 7.05 Å². The van der Waals surface area contributed by atoms with E-state index in [0.717, 1.165) is 15.6 Å². The Morgan fingerprint density at radius 3 is 2.69 bits per heavy atom. The second-order valence-corrected chi connectivity index (χ2v) is 5.18. The van der Waals surface area contributed by atoms with Gasteiger partial charge in [0.25, 0.3) is 0 Å². The van der Waals surface area contributed by atoms with E-state index in [1.807, 2.05) is 13.1 Å². The van der Waals surface area contributed by atoms with Gasteiger partial charge in [0.2, 0.25) is 0 Å². The fourth-order valence-corrected chi connectivity index (χ4v) is 2.50. The van der Waals surface area contributed by atoms with Gasteiger partial charge in [0.05, 0.1) is 6.20 Å². The molecule has 0 atom stereocenters. The highest BCUT2D eigenvalue weighted by Crippen LogP contribution is 2.35. The van der Waals surface area contributed by atoms with E-state index in [4.69, 9.17) is 5.73 Å². The van der Waals surface area contributed by atoms with Crippen LogP contribution in [0.5, 0.6) is 0 Å². The molecule has 5 heteroatoms. The maximum atomic E-state index is 5.98.